The fourth-order valence-electron chi connectivity index (χ4n) is 1.84. The summed E-state index contributed by atoms with van der Waals surface area (Å²) in [6.45, 7) is 0.471. The van der Waals surface area contributed by atoms with Crippen LogP contribution in [0.15, 0.2) is 47.4 Å². The maximum Gasteiger partial charge on any atom is 0.175 e. The summed E-state index contributed by atoms with van der Waals surface area (Å²) in [6, 6.07) is 13.9. The maximum absolute atomic E-state index is 11.4. The Morgan fingerprint density at radius 2 is 1.86 bits per heavy atom. The third-order valence-corrected chi connectivity index (χ3v) is 4.40. The van der Waals surface area contributed by atoms with Crippen molar-refractivity contribution in [2.75, 3.05) is 11.6 Å². The van der Waals surface area contributed by atoms with Crippen molar-refractivity contribution in [3.63, 3.8) is 0 Å². The smallest absolute Gasteiger partial charge is 0.175 e. The molecule has 0 amide bonds. The van der Waals surface area contributed by atoms with Gasteiger partial charge in [0, 0.05) is 12.8 Å². The number of nitriles is 1. The van der Waals surface area contributed by atoms with Crippen LogP contribution in [0.2, 0.25) is 5.02 Å². The molecule has 0 spiro atoms. The molecule has 2 aromatic rings. The van der Waals surface area contributed by atoms with Crippen LogP contribution in [0.25, 0.3) is 0 Å². The van der Waals surface area contributed by atoms with Crippen LogP contribution in [0.3, 0.4) is 0 Å². The second kappa shape index (κ2) is 6.17. The molecule has 0 unspecified atom stereocenters. The minimum atomic E-state index is -3.18. The summed E-state index contributed by atoms with van der Waals surface area (Å²) < 4.78 is 22.8. The molecule has 108 valence electrons. The molecule has 0 bridgehead atoms. The summed E-state index contributed by atoms with van der Waals surface area (Å²) in [7, 11) is -3.18. The number of halogens is 1. The second-order valence-corrected chi connectivity index (χ2v) is 6.97. The second-order valence-electron chi connectivity index (χ2n) is 4.54. The standard InChI is InChI=1S/C15H13ClN2O2S/c1-21(19,20)12-7-5-11(6-8-12)10-18-15-4-2-3-14(16)13(15)9-17/h2-8,18H,10H2,1H3. The van der Waals surface area contributed by atoms with Gasteiger partial charge in [-0.1, -0.05) is 29.8 Å². The molecule has 0 radical (unpaired) electrons. The highest BCUT2D eigenvalue weighted by Crippen LogP contribution is 2.23. The van der Waals surface area contributed by atoms with E-state index < -0.39 is 9.84 Å². The summed E-state index contributed by atoms with van der Waals surface area (Å²) in [5, 5.41) is 12.6. The molecule has 0 saturated carbocycles. The Morgan fingerprint density at radius 1 is 1.19 bits per heavy atom. The molecule has 1 N–H and O–H groups in total. The van der Waals surface area contributed by atoms with Crippen molar-refractivity contribution in [3.05, 3.63) is 58.6 Å². The van der Waals surface area contributed by atoms with Crippen LogP contribution >= 0.6 is 11.6 Å². The summed E-state index contributed by atoms with van der Waals surface area (Å²) in [6.07, 6.45) is 1.17. The van der Waals surface area contributed by atoms with Crippen LogP contribution in [0, 0.1) is 11.3 Å². The molecule has 0 aliphatic heterocycles. The molecule has 0 aromatic heterocycles. The summed E-state index contributed by atoms with van der Waals surface area (Å²) in [5.74, 6) is 0. The number of nitrogens with zero attached hydrogens (tertiary/aromatic N) is 1. The summed E-state index contributed by atoms with van der Waals surface area (Å²) in [4.78, 5) is 0.284. The number of sulfone groups is 1. The molecular weight excluding hydrogens is 308 g/mol. The predicted octanol–water partition coefficient (Wildman–Crippen LogP) is 3.23. The normalized spacial score (nSPS) is 10.9. The molecule has 2 rings (SSSR count). The minimum Gasteiger partial charge on any atom is -0.380 e. The number of rotatable bonds is 4. The highest BCUT2D eigenvalue weighted by molar-refractivity contribution is 7.90. The average Bonchev–Trinajstić information content (AvgIpc) is 2.44. The first kappa shape index (κ1) is 15.4. The van der Waals surface area contributed by atoms with Crippen molar-refractivity contribution < 1.29 is 8.42 Å². The van der Waals surface area contributed by atoms with Gasteiger partial charge in [0.15, 0.2) is 9.84 Å². The number of anilines is 1. The van der Waals surface area contributed by atoms with Gasteiger partial charge in [-0.3, -0.25) is 0 Å². The first-order valence-electron chi connectivity index (χ1n) is 6.13. The van der Waals surface area contributed by atoms with Gasteiger partial charge in [0.1, 0.15) is 6.07 Å². The zero-order valence-electron chi connectivity index (χ0n) is 11.3. The van der Waals surface area contributed by atoms with E-state index in [1.54, 1.807) is 42.5 Å². The Bertz CT molecular complexity index is 793. The van der Waals surface area contributed by atoms with Crippen LogP contribution in [-0.2, 0) is 16.4 Å². The van der Waals surface area contributed by atoms with Crippen molar-refractivity contribution in [1.82, 2.24) is 0 Å². The van der Waals surface area contributed by atoms with Crippen molar-refractivity contribution in [2.24, 2.45) is 0 Å². The highest BCUT2D eigenvalue weighted by atomic mass is 35.5. The Kier molecular flexibility index (Phi) is 4.51. The summed E-state index contributed by atoms with van der Waals surface area (Å²) in [5.41, 5.74) is 1.95. The fourth-order valence-corrected chi connectivity index (χ4v) is 2.68. The molecule has 4 nitrogen and oxygen atoms in total. The van der Waals surface area contributed by atoms with Gasteiger partial charge in [-0.15, -0.1) is 0 Å². The molecule has 0 heterocycles. The fraction of sp³-hybridized carbons (Fsp3) is 0.133. The molecular formula is C15H13ClN2O2S. The largest absolute Gasteiger partial charge is 0.380 e. The van der Waals surface area contributed by atoms with Gasteiger partial charge in [-0.2, -0.15) is 5.26 Å². The lowest BCUT2D eigenvalue weighted by molar-refractivity contribution is 0.602. The predicted molar refractivity (Wildman–Crippen MR) is 83.0 cm³/mol. The van der Waals surface area contributed by atoms with Crippen molar-refractivity contribution in [3.8, 4) is 6.07 Å². The SMILES string of the molecule is CS(=O)(=O)c1ccc(CNc2cccc(Cl)c2C#N)cc1. The zero-order valence-corrected chi connectivity index (χ0v) is 12.9. The molecule has 6 heteroatoms. The van der Waals surface area contributed by atoms with Crippen molar-refractivity contribution in [2.45, 2.75) is 11.4 Å². The first-order valence-corrected chi connectivity index (χ1v) is 8.40. The van der Waals surface area contributed by atoms with Crippen LogP contribution in [0.4, 0.5) is 5.69 Å². The number of hydrogen-bond acceptors (Lipinski definition) is 4. The van der Waals surface area contributed by atoms with Crippen LogP contribution in [0.5, 0.6) is 0 Å². The van der Waals surface area contributed by atoms with Gasteiger partial charge < -0.3 is 5.32 Å². The minimum absolute atomic E-state index is 0.284. The monoisotopic (exact) mass is 320 g/mol. The number of nitrogens with one attached hydrogen (secondary N) is 1. The third kappa shape index (κ3) is 3.75. The number of hydrogen-bond donors (Lipinski definition) is 1. The van der Waals surface area contributed by atoms with E-state index >= 15 is 0 Å². The molecule has 2 aromatic carbocycles. The molecule has 0 aliphatic rings. The van der Waals surface area contributed by atoms with Gasteiger partial charge in [-0.25, -0.2) is 8.42 Å². The van der Waals surface area contributed by atoms with E-state index in [2.05, 4.69) is 11.4 Å². The Balaban J connectivity index is 2.15. The molecule has 0 saturated heterocycles. The molecule has 0 aliphatic carbocycles. The van der Waals surface area contributed by atoms with Gasteiger partial charge in [0.25, 0.3) is 0 Å². The van der Waals surface area contributed by atoms with Gasteiger partial charge in [0.2, 0.25) is 0 Å². The highest BCUT2D eigenvalue weighted by Gasteiger charge is 2.08. The van der Waals surface area contributed by atoms with E-state index in [0.717, 1.165) is 5.56 Å². The zero-order chi connectivity index (χ0) is 15.5. The van der Waals surface area contributed by atoms with E-state index in [-0.39, 0.29) is 4.90 Å². The van der Waals surface area contributed by atoms with Crippen LogP contribution in [0.1, 0.15) is 11.1 Å². The van der Waals surface area contributed by atoms with E-state index in [1.165, 1.54) is 6.26 Å². The lowest BCUT2D eigenvalue weighted by Crippen LogP contribution is -2.02. The van der Waals surface area contributed by atoms with Gasteiger partial charge in [0.05, 0.1) is 21.2 Å². The van der Waals surface area contributed by atoms with E-state index in [0.29, 0.717) is 22.8 Å². The molecule has 0 fully saturated rings. The van der Waals surface area contributed by atoms with Gasteiger partial charge in [-0.05, 0) is 29.8 Å². The Morgan fingerprint density at radius 3 is 2.43 bits per heavy atom. The first-order chi connectivity index (χ1) is 9.91. The van der Waals surface area contributed by atoms with Gasteiger partial charge >= 0.3 is 0 Å². The average molecular weight is 321 g/mol. The van der Waals surface area contributed by atoms with Crippen LogP contribution < -0.4 is 5.32 Å². The Hall–Kier alpha value is -2.03. The summed E-state index contributed by atoms with van der Waals surface area (Å²) >= 11 is 5.95. The Labute approximate surface area is 128 Å². The van der Waals surface area contributed by atoms with Crippen LogP contribution in [-0.4, -0.2) is 14.7 Å². The van der Waals surface area contributed by atoms with Crippen molar-refractivity contribution >= 4 is 27.1 Å². The lowest BCUT2D eigenvalue weighted by Gasteiger charge is -2.09. The quantitative estimate of drug-likeness (QED) is 0.939. The topological polar surface area (TPSA) is 70.0 Å². The lowest BCUT2D eigenvalue weighted by atomic mass is 10.1. The van der Waals surface area contributed by atoms with Crippen molar-refractivity contribution in [1.29, 1.82) is 5.26 Å². The maximum atomic E-state index is 11.4. The van der Waals surface area contributed by atoms with E-state index in [9.17, 15) is 8.42 Å². The number of benzene rings is 2. The third-order valence-electron chi connectivity index (χ3n) is 2.96. The molecule has 21 heavy (non-hydrogen) atoms. The van der Waals surface area contributed by atoms with E-state index in [4.69, 9.17) is 16.9 Å². The van der Waals surface area contributed by atoms with E-state index in [1.807, 2.05) is 0 Å². The molecule has 0 atom stereocenters.